The second kappa shape index (κ2) is 5.49. The molecule has 0 bridgehead atoms. The summed E-state index contributed by atoms with van der Waals surface area (Å²) in [5.41, 5.74) is 0. The van der Waals surface area contributed by atoms with E-state index in [2.05, 4.69) is 18.7 Å². The Hall–Kier alpha value is -0.410. The van der Waals surface area contributed by atoms with Crippen LogP contribution in [0.15, 0.2) is 0 Å². The Labute approximate surface area is 104 Å². The van der Waals surface area contributed by atoms with Gasteiger partial charge in [0, 0.05) is 32.0 Å². The number of piperidine rings is 1. The van der Waals surface area contributed by atoms with Gasteiger partial charge < -0.3 is 10.0 Å². The molecule has 1 aliphatic heterocycles. The zero-order valence-corrected chi connectivity index (χ0v) is 11.1. The van der Waals surface area contributed by atoms with Crippen molar-refractivity contribution in [1.82, 2.24) is 4.90 Å². The molecular formula is C14H25NO2. The van der Waals surface area contributed by atoms with E-state index in [9.17, 15) is 9.90 Å². The third-order valence-electron chi connectivity index (χ3n) is 4.45. The predicted octanol–water partition coefficient (Wildman–Crippen LogP) is 1.69. The van der Waals surface area contributed by atoms with E-state index in [1.807, 2.05) is 0 Å². The molecule has 2 rings (SSSR count). The van der Waals surface area contributed by atoms with Crippen LogP contribution in [-0.4, -0.2) is 41.5 Å². The minimum atomic E-state index is -0.146. The summed E-state index contributed by atoms with van der Waals surface area (Å²) in [5.74, 6) is 1.76. The van der Waals surface area contributed by atoms with Gasteiger partial charge in [-0.2, -0.15) is 0 Å². The Kier molecular flexibility index (Phi) is 4.21. The number of carbonyl (C=O) groups is 1. The molecule has 1 saturated heterocycles. The van der Waals surface area contributed by atoms with Crippen LogP contribution in [0.5, 0.6) is 0 Å². The van der Waals surface area contributed by atoms with E-state index >= 15 is 0 Å². The van der Waals surface area contributed by atoms with Crippen molar-refractivity contribution in [3.05, 3.63) is 0 Å². The van der Waals surface area contributed by atoms with Crippen LogP contribution in [0, 0.1) is 17.8 Å². The summed E-state index contributed by atoms with van der Waals surface area (Å²) in [6.07, 6.45) is 3.62. The Bertz CT molecular complexity index is 279. The second-order valence-electron chi connectivity index (χ2n) is 6.14. The highest BCUT2D eigenvalue weighted by atomic mass is 16.3. The number of aliphatic hydroxyl groups excluding tert-OH is 1. The molecule has 0 aromatic carbocycles. The Morgan fingerprint density at radius 1 is 1.35 bits per heavy atom. The maximum Gasteiger partial charge on any atom is 0.137 e. The van der Waals surface area contributed by atoms with Crippen molar-refractivity contribution in [1.29, 1.82) is 0 Å². The van der Waals surface area contributed by atoms with Crippen molar-refractivity contribution in [2.24, 2.45) is 17.8 Å². The summed E-state index contributed by atoms with van der Waals surface area (Å²) in [6, 6.07) is 0. The molecule has 1 N–H and O–H groups in total. The third-order valence-corrected chi connectivity index (χ3v) is 4.45. The number of rotatable bonds is 2. The number of carbonyl (C=O) groups excluding carboxylic acids is 1. The summed E-state index contributed by atoms with van der Waals surface area (Å²) in [6.45, 7) is 7.16. The molecule has 3 nitrogen and oxygen atoms in total. The highest BCUT2D eigenvalue weighted by Gasteiger charge is 2.31. The average molecular weight is 239 g/mol. The van der Waals surface area contributed by atoms with Crippen molar-refractivity contribution >= 4 is 5.78 Å². The predicted molar refractivity (Wildman–Crippen MR) is 67.7 cm³/mol. The molecule has 2 aliphatic rings. The highest BCUT2D eigenvalue weighted by Crippen LogP contribution is 2.28. The number of hydrogen-bond donors (Lipinski definition) is 1. The summed E-state index contributed by atoms with van der Waals surface area (Å²) >= 11 is 0. The molecule has 2 fully saturated rings. The molecule has 0 aromatic heterocycles. The van der Waals surface area contributed by atoms with E-state index in [0.717, 1.165) is 45.3 Å². The minimum Gasteiger partial charge on any atom is -0.393 e. The van der Waals surface area contributed by atoms with Gasteiger partial charge in [0.1, 0.15) is 5.78 Å². The van der Waals surface area contributed by atoms with Gasteiger partial charge in [-0.25, -0.2) is 0 Å². The number of Topliss-reactive ketones (excluding diaryl/α,β-unsaturated/α-hetero) is 1. The average Bonchev–Trinajstić information content (AvgIpc) is 2.29. The van der Waals surface area contributed by atoms with Crippen LogP contribution in [0.1, 0.15) is 39.5 Å². The molecule has 98 valence electrons. The lowest BCUT2D eigenvalue weighted by molar-refractivity contribution is -0.126. The van der Waals surface area contributed by atoms with Crippen LogP contribution in [0.3, 0.4) is 0 Å². The van der Waals surface area contributed by atoms with Gasteiger partial charge in [-0.3, -0.25) is 4.79 Å². The largest absolute Gasteiger partial charge is 0.393 e. The quantitative estimate of drug-likeness (QED) is 0.797. The van der Waals surface area contributed by atoms with Crippen LogP contribution < -0.4 is 0 Å². The first kappa shape index (κ1) is 13.0. The van der Waals surface area contributed by atoms with Crippen molar-refractivity contribution in [3.63, 3.8) is 0 Å². The van der Waals surface area contributed by atoms with Crippen LogP contribution >= 0.6 is 0 Å². The number of ketones is 1. The van der Waals surface area contributed by atoms with E-state index < -0.39 is 0 Å². The van der Waals surface area contributed by atoms with E-state index in [1.54, 1.807) is 0 Å². The van der Waals surface area contributed by atoms with Gasteiger partial charge >= 0.3 is 0 Å². The normalized spacial score (nSPS) is 40.5. The molecule has 1 heterocycles. The summed E-state index contributed by atoms with van der Waals surface area (Å²) < 4.78 is 0. The van der Waals surface area contributed by atoms with Gasteiger partial charge in [0.25, 0.3) is 0 Å². The van der Waals surface area contributed by atoms with Crippen LogP contribution in [0.25, 0.3) is 0 Å². The summed E-state index contributed by atoms with van der Waals surface area (Å²) in [5, 5.41) is 9.70. The van der Waals surface area contributed by atoms with Crippen LogP contribution in [0.2, 0.25) is 0 Å². The van der Waals surface area contributed by atoms with Gasteiger partial charge in [-0.1, -0.05) is 13.8 Å². The maximum atomic E-state index is 11.9. The molecule has 17 heavy (non-hydrogen) atoms. The molecule has 0 aromatic rings. The van der Waals surface area contributed by atoms with Crippen molar-refractivity contribution in [2.45, 2.75) is 45.6 Å². The zero-order chi connectivity index (χ0) is 12.4. The molecular weight excluding hydrogens is 214 g/mol. The van der Waals surface area contributed by atoms with E-state index in [0.29, 0.717) is 17.6 Å². The highest BCUT2D eigenvalue weighted by molar-refractivity contribution is 5.81. The first-order valence-corrected chi connectivity index (χ1v) is 6.99. The molecule has 0 radical (unpaired) electrons. The lowest BCUT2D eigenvalue weighted by Crippen LogP contribution is -2.45. The van der Waals surface area contributed by atoms with E-state index in [-0.39, 0.29) is 12.0 Å². The molecule has 0 spiro atoms. The number of hydrogen-bond acceptors (Lipinski definition) is 3. The second-order valence-corrected chi connectivity index (χ2v) is 6.14. The Morgan fingerprint density at radius 2 is 2.12 bits per heavy atom. The third kappa shape index (κ3) is 3.29. The molecule has 0 amide bonds. The minimum absolute atomic E-state index is 0.146. The van der Waals surface area contributed by atoms with Crippen molar-refractivity contribution < 1.29 is 9.90 Å². The van der Waals surface area contributed by atoms with Gasteiger partial charge in [-0.15, -0.1) is 0 Å². The number of likely N-dealkylation sites (tertiary alicyclic amines) is 1. The maximum absolute atomic E-state index is 11.9. The molecule has 4 atom stereocenters. The van der Waals surface area contributed by atoms with Gasteiger partial charge in [0.15, 0.2) is 0 Å². The summed E-state index contributed by atoms with van der Waals surface area (Å²) in [7, 11) is 0. The monoisotopic (exact) mass is 239 g/mol. The topological polar surface area (TPSA) is 40.5 Å². The molecule has 1 saturated carbocycles. The van der Waals surface area contributed by atoms with Crippen molar-refractivity contribution in [3.8, 4) is 0 Å². The fraction of sp³-hybridized carbons (Fsp3) is 0.929. The lowest BCUT2D eigenvalue weighted by atomic mass is 9.81. The lowest BCUT2D eigenvalue weighted by Gasteiger charge is -2.37. The SMILES string of the molecule is CC1CCC(=O)C(CN2CCC(O)C(C)C2)C1. The van der Waals surface area contributed by atoms with Crippen molar-refractivity contribution in [2.75, 3.05) is 19.6 Å². The van der Waals surface area contributed by atoms with Gasteiger partial charge in [0.05, 0.1) is 6.10 Å². The fourth-order valence-electron chi connectivity index (χ4n) is 3.20. The molecule has 3 heteroatoms. The van der Waals surface area contributed by atoms with Gasteiger partial charge in [-0.05, 0) is 31.1 Å². The fourth-order valence-corrected chi connectivity index (χ4v) is 3.20. The zero-order valence-electron chi connectivity index (χ0n) is 11.1. The Morgan fingerprint density at radius 3 is 2.82 bits per heavy atom. The molecule has 1 aliphatic carbocycles. The Balaban J connectivity index is 1.85. The van der Waals surface area contributed by atoms with E-state index in [4.69, 9.17) is 0 Å². The standard InChI is InChI=1S/C14H25NO2/c1-10-3-4-14(17)12(7-10)9-15-6-5-13(16)11(2)8-15/h10-13,16H,3-9H2,1-2H3. The van der Waals surface area contributed by atoms with Gasteiger partial charge in [0.2, 0.25) is 0 Å². The first-order chi connectivity index (χ1) is 8.06. The van der Waals surface area contributed by atoms with Crippen LogP contribution in [0.4, 0.5) is 0 Å². The molecule has 4 unspecified atom stereocenters. The summed E-state index contributed by atoms with van der Waals surface area (Å²) in [4.78, 5) is 14.3. The number of aliphatic hydroxyl groups is 1. The first-order valence-electron chi connectivity index (χ1n) is 6.99. The smallest absolute Gasteiger partial charge is 0.137 e. The van der Waals surface area contributed by atoms with E-state index in [1.165, 1.54) is 0 Å². The van der Waals surface area contributed by atoms with Crippen LogP contribution in [-0.2, 0) is 4.79 Å². The number of nitrogens with zero attached hydrogens (tertiary/aromatic N) is 1.